The van der Waals surface area contributed by atoms with E-state index in [0.717, 1.165) is 17.9 Å². The van der Waals surface area contributed by atoms with Crippen LogP contribution in [0.25, 0.3) is 10.8 Å². The molecule has 0 fully saturated rings. The molecule has 0 aliphatic carbocycles. The quantitative estimate of drug-likeness (QED) is 0.641. The second kappa shape index (κ2) is 7.17. The van der Waals surface area contributed by atoms with Crippen molar-refractivity contribution >= 4 is 26.7 Å². The summed E-state index contributed by atoms with van der Waals surface area (Å²) in [7, 11) is 0. The molecular formula is C18H23BrO2. The van der Waals surface area contributed by atoms with E-state index in [0.29, 0.717) is 11.4 Å². The Balaban J connectivity index is 2.28. The summed E-state index contributed by atoms with van der Waals surface area (Å²) < 4.78 is 11.7. The summed E-state index contributed by atoms with van der Waals surface area (Å²) in [6.45, 7) is 9.04. The number of rotatable bonds is 6. The van der Waals surface area contributed by atoms with Gasteiger partial charge >= 0.3 is 0 Å². The predicted molar refractivity (Wildman–Crippen MR) is 93.0 cm³/mol. The molecule has 0 amide bonds. The van der Waals surface area contributed by atoms with Crippen molar-refractivity contribution in [1.82, 2.24) is 0 Å². The van der Waals surface area contributed by atoms with E-state index in [1.807, 2.05) is 19.1 Å². The second-order valence-corrected chi connectivity index (χ2v) is 6.43. The lowest BCUT2D eigenvalue weighted by Crippen LogP contribution is -2.22. The molecule has 2 unspecified atom stereocenters. The minimum atomic E-state index is 0.149. The van der Waals surface area contributed by atoms with Gasteiger partial charge in [-0.25, -0.2) is 0 Å². The lowest BCUT2D eigenvalue weighted by Gasteiger charge is -2.19. The highest BCUT2D eigenvalue weighted by Crippen LogP contribution is 2.30. The highest BCUT2D eigenvalue weighted by Gasteiger charge is 2.14. The van der Waals surface area contributed by atoms with Crippen LogP contribution in [0.4, 0.5) is 0 Å². The molecule has 2 rings (SSSR count). The van der Waals surface area contributed by atoms with E-state index in [4.69, 9.17) is 9.47 Å². The number of alkyl halides is 1. The van der Waals surface area contributed by atoms with Crippen LogP contribution in [0.15, 0.2) is 30.3 Å². The SMILES string of the molecule is CCOc1ccc2cc(OC(C)C(Br)CC)ccc2c1C. The third-order valence-corrected chi connectivity index (χ3v) is 5.12. The van der Waals surface area contributed by atoms with Crippen molar-refractivity contribution in [2.24, 2.45) is 0 Å². The molecule has 0 saturated carbocycles. The van der Waals surface area contributed by atoms with Crippen LogP contribution < -0.4 is 9.47 Å². The Hall–Kier alpha value is -1.22. The maximum atomic E-state index is 6.01. The zero-order valence-electron chi connectivity index (χ0n) is 13.2. The smallest absolute Gasteiger partial charge is 0.122 e. The molecule has 0 aromatic heterocycles. The normalized spacial score (nSPS) is 14.0. The molecule has 2 nitrogen and oxygen atoms in total. The summed E-state index contributed by atoms with van der Waals surface area (Å²) >= 11 is 3.65. The van der Waals surface area contributed by atoms with Gasteiger partial charge in [0.25, 0.3) is 0 Å². The molecule has 3 heteroatoms. The molecule has 0 heterocycles. The van der Waals surface area contributed by atoms with Gasteiger partial charge in [-0.15, -0.1) is 0 Å². The molecule has 114 valence electrons. The van der Waals surface area contributed by atoms with Gasteiger partial charge in [-0.2, -0.15) is 0 Å². The summed E-state index contributed by atoms with van der Waals surface area (Å²) in [4.78, 5) is 0.371. The Kier molecular flexibility index (Phi) is 5.51. The molecule has 0 aliphatic rings. The van der Waals surface area contributed by atoms with Gasteiger partial charge in [0.15, 0.2) is 0 Å². The molecule has 0 saturated heterocycles. The van der Waals surface area contributed by atoms with Crippen LogP contribution in [-0.2, 0) is 0 Å². The first-order valence-corrected chi connectivity index (χ1v) is 8.45. The van der Waals surface area contributed by atoms with Crippen molar-refractivity contribution in [2.45, 2.75) is 45.0 Å². The number of hydrogen-bond donors (Lipinski definition) is 0. The third-order valence-electron chi connectivity index (χ3n) is 3.73. The summed E-state index contributed by atoms with van der Waals surface area (Å²) in [6, 6.07) is 10.4. The number of ether oxygens (including phenoxy) is 2. The Bertz CT molecular complexity index is 609. The zero-order valence-corrected chi connectivity index (χ0v) is 14.7. The summed E-state index contributed by atoms with van der Waals surface area (Å²) in [5.41, 5.74) is 1.18. The van der Waals surface area contributed by atoms with Crippen molar-refractivity contribution < 1.29 is 9.47 Å². The standard InChI is InChI=1S/C18H23BrO2/c1-5-17(19)13(4)21-15-8-9-16-12(3)18(20-6-2)10-7-14(16)11-15/h7-11,13,17H,5-6H2,1-4H3. The molecule has 0 aliphatic heterocycles. The van der Waals surface area contributed by atoms with Crippen LogP contribution in [0, 0.1) is 6.92 Å². The van der Waals surface area contributed by atoms with Gasteiger partial charge in [0.05, 0.1) is 11.4 Å². The van der Waals surface area contributed by atoms with Gasteiger partial charge in [-0.3, -0.25) is 0 Å². The lowest BCUT2D eigenvalue weighted by molar-refractivity contribution is 0.218. The maximum Gasteiger partial charge on any atom is 0.122 e. The molecule has 0 radical (unpaired) electrons. The van der Waals surface area contributed by atoms with E-state index in [1.54, 1.807) is 0 Å². The largest absolute Gasteiger partial charge is 0.494 e. The highest BCUT2D eigenvalue weighted by atomic mass is 79.9. The van der Waals surface area contributed by atoms with Crippen LogP contribution >= 0.6 is 15.9 Å². The fourth-order valence-electron chi connectivity index (χ4n) is 2.45. The topological polar surface area (TPSA) is 18.5 Å². The number of fused-ring (bicyclic) bond motifs is 1. The summed E-state index contributed by atoms with van der Waals surface area (Å²) in [6.07, 6.45) is 1.20. The Morgan fingerprint density at radius 1 is 1.14 bits per heavy atom. The molecule has 0 N–H and O–H groups in total. The van der Waals surface area contributed by atoms with Gasteiger partial charge in [0.1, 0.15) is 17.6 Å². The number of halogens is 1. The van der Waals surface area contributed by atoms with Crippen LogP contribution in [-0.4, -0.2) is 17.5 Å². The van der Waals surface area contributed by atoms with Crippen molar-refractivity contribution in [2.75, 3.05) is 6.61 Å². The van der Waals surface area contributed by atoms with Gasteiger partial charge < -0.3 is 9.47 Å². The number of hydrogen-bond acceptors (Lipinski definition) is 2. The van der Waals surface area contributed by atoms with Crippen molar-refractivity contribution in [1.29, 1.82) is 0 Å². The average Bonchev–Trinajstić information content (AvgIpc) is 2.49. The lowest BCUT2D eigenvalue weighted by atomic mass is 10.0. The van der Waals surface area contributed by atoms with E-state index >= 15 is 0 Å². The average molecular weight is 351 g/mol. The maximum absolute atomic E-state index is 6.01. The summed E-state index contributed by atoms with van der Waals surface area (Å²) in [5, 5.41) is 2.40. The molecule has 2 aromatic carbocycles. The van der Waals surface area contributed by atoms with E-state index in [2.05, 4.69) is 54.9 Å². The zero-order chi connectivity index (χ0) is 15.4. The molecule has 2 aromatic rings. The van der Waals surface area contributed by atoms with E-state index in [1.165, 1.54) is 16.3 Å². The Morgan fingerprint density at radius 3 is 2.57 bits per heavy atom. The van der Waals surface area contributed by atoms with Crippen LogP contribution in [0.1, 0.15) is 32.8 Å². The monoisotopic (exact) mass is 350 g/mol. The first-order valence-electron chi connectivity index (χ1n) is 7.53. The second-order valence-electron chi connectivity index (χ2n) is 5.25. The molecule has 0 spiro atoms. The van der Waals surface area contributed by atoms with Crippen LogP contribution in [0.5, 0.6) is 11.5 Å². The van der Waals surface area contributed by atoms with Crippen LogP contribution in [0.3, 0.4) is 0 Å². The first kappa shape index (κ1) is 16.2. The number of aryl methyl sites for hydroxylation is 1. The fourth-order valence-corrected chi connectivity index (χ4v) is 2.56. The van der Waals surface area contributed by atoms with E-state index in [9.17, 15) is 0 Å². The third kappa shape index (κ3) is 3.70. The van der Waals surface area contributed by atoms with Crippen molar-refractivity contribution in [3.8, 4) is 11.5 Å². The molecule has 21 heavy (non-hydrogen) atoms. The Morgan fingerprint density at radius 2 is 1.90 bits per heavy atom. The van der Waals surface area contributed by atoms with Crippen molar-refractivity contribution in [3.63, 3.8) is 0 Å². The van der Waals surface area contributed by atoms with E-state index in [-0.39, 0.29) is 6.10 Å². The van der Waals surface area contributed by atoms with Gasteiger partial charge in [-0.1, -0.05) is 35.0 Å². The number of benzene rings is 2. The van der Waals surface area contributed by atoms with E-state index < -0.39 is 0 Å². The predicted octanol–water partition coefficient (Wildman–Crippen LogP) is 5.49. The first-order chi connectivity index (χ1) is 10.1. The fraction of sp³-hybridized carbons (Fsp3) is 0.444. The van der Waals surface area contributed by atoms with Gasteiger partial charge in [-0.05, 0) is 61.7 Å². The van der Waals surface area contributed by atoms with Crippen molar-refractivity contribution in [3.05, 3.63) is 35.9 Å². The molecule has 0 bridgehead atoms. The van der Waals surface area contributed by atoms with Gasteiger partial charge in [0.2, 0.25) is 0 Å². The molecule has 2 atom stereocenters. The minimum Gasteiger partial charge on any atom is -0.494 e. The summed E-state index contributed by atoms with van der Waals surface area (Å²) in [5.74, 6) is 1.87. The molecular weight excluding hydrogens is 328 g/mol. The minimum absolute atomic E-state index is 0.149. The Labute approximate surface area is 135 Å². The van der Waals surface area contributed by atoms with Gasteiger partial charge in [0, 0.05) is 0 Å². The highest BCUT2D eigenvalue weighted by molar-refractivity contribution is 9.09. The van der Waals surface area contributed by atoms with Crippen LogP contribution in [0.2, 0.25) is 0 Å².